The van der Waals surface area contributed by atoms with Gasteiger partial charge in [0, 0.05) is 23.1 Å². The molecule has 0 spiro atoms. The second-order valence-corrected chi connectivity index (χ2v) is 8.72. The van der Waals surface area contributed by atoms with Crippen LogP contribution in [-0.2, 0) is 17.9 Å². The molecule has 0 fully saturated rings. The van der Waals surface area contributed by atoms with Crippen molar-refractivity contribution in [3.63, 3.8) is 0 Å². The predicted molar refractivity (Wildman–Crippen MR) is 122 cm³/mol. The van der Waals surface area contributed by atoms with Gasteiger partial charge >= 0.3 is 0 Å². The van der Waals surface area contributed by atoms with Gasteiger partial charge in [-0.05, 0) is 63.1 Å². The Morgan fingerprint density at radius 1 is 1.03 bits per heavy atom. The van der Waals surface area contributed by atoms with Gasteiger partial charge in [-0.2, -0.15) is 0 Å². The average Bonchev–Trinajstić information content (AvgIpc) is 2.68. The summed E-state index contributed by atoms with van der Waals surface area (Å²) in [4.78, 5) is 12.1. The number of ether oxygens (including phenoxy) is 3. The molecule has 0 aliphatic heterocycles. The van der Waals surface area contributed by atoms with E-state index in [0.29, 0.717) is 24.7 Å². The summed E-state index contributed by atoms with van der Waals surface area (Å²) >= 11 is 3.60. The summed E-state index contributed by atoms with van der Waals surface area (Å²) in [6.07, 6.45) is 0. The highest BCUT2D eigenvalue weighted by molar-refractivity contribution is 9.10. The number of nitrogens with one attached hydrogen (secondary N) is 2. The second-order valence-electron chi connectivity index (χ2n) is 7.86. The Morgan fingerprint density at radius 3 is 2.30 bits per heavy atom. The zero-order valence-corrected chi connectivity index (χ0v) is 19.9. The van der Waals surface area contributed by atoms with E-state index < -0.39 is 0 Å². The summed E-state index contributed by atoms with van der Waals surface area (Å²) in [5, 5.41) is 6.31. The first kappa shape index (κ1) is 24.0. The molecule has 0 bridgehead atoms. The lowest BCUT2D eigenvalue weighted by Crippen LogP contribution is -2.43. The van der Waals surface area contributed by atoms with Crippen LogP contribution < -0.4 is 24.8 Å². The van der Waals surface area contributed by atoms with E-state index in [9.17, 15) is 4.79 Å². The normalized spacial score (nSPS) is 11.1. The maximum Gasteiger partial charge on any atom is 0.258 e. The molecule has 0 heterocycles. The number of methoxy groups -OCH3 is 1. The summed E-state index contributed by atoms with van der Waals surface area (Å²) in [6, 6.07) is 11.7. The van der Waals surface area contributed by atoms with Crippen LogP contribution in [0.1, 0.15) is 38.8 Å². The van der Waals surface area contributed by atoms with Gasteiger partial charge in [-0.3, -0.25) is 4.79 Å². The van der Waals surface area contributed by atoms with E-state index in [4.69, 9.17) is 14.2 Å². The first-order chi connectivity index (χ1) is 14.2. The summed E-state index contributed by atoms with van der Waals surface area (Å²) < 4.78 is 17.5. The largest absolute Gasteiger partial charge is 0.497 e. The third-order valence-electron chi connectivity index (χ3n) is 4.09. The quantitative estimate of drug-likeness (QED) is 0.528. The molecule has 0 aliphatic rings. The lowest BCUT2D eigenvalue weighted by molar-refractivity contribution is -0.124. The van der Waals surface area contributed by atoms with Crippen LogP contribution in [0.25, 0.3) is 0 Å². The molecule has 0 saturated carbocycles. The van der Waals surface area contributed by atoms with Crippen LogP contribution in [0.3, 0.4) is 0 Å². The zero-order valence-electron chi connectivity index (χ0n) is 18.3. The predicted octanol–water partition coefficient (Wildman–Crippen LogP) is 4.44. The topological polar surface area (TPSA) is 68.8 Å². The minimum Gasteiger partial charge on any atom is -0.497 e. The number of carbonyl (C=O) groups excluding carboxylic acids is 1. The van der Waals surface area contributed by atoms with Crippen LogP contribution in [0.4, 0.5) is 0 Å². The fraction of sp³-hybridized carbons (Fsp3) is 0.435. The standard InChI is InChI=1S/C23H31BrN2O4/c1-6-29-20-11-17(14-25-13-16-7-9-18(28-5)10-8-16)19(24)12-21(20)30-15-22(27)26-23(2,3)4/h7-12,25H,6,13-15H2,1-5H3,(H,26,27). The van der Waals surface area contributed by atoms with Crippen LogP contribution in [0, 0.1) is 0 Å². The van der Waals surface area contributed by atoms with Crippen molar-refractivity contribution >= 4 is 21.8 Å². The Balaban J connectivity index is 2.01. The first-order valence-corrected chi connectivity index (χ1v) is 10.7. The number of rotatable bonds is 10. The highest BCUT2D eigenvalue weighted by atomic mass is 79.9. The Labute approximate surface area is 187 Å². The minimum absolute atomic E-state index is 0.0706. The van der Waals surface area contributed by atoms with E-state index in [0.717, 1.165) is 22.3 Å². The number of hydrogen-bond acceptors (Lipinski definition) is 5. The third-order valence-corrected chi connectivity index (χ3v) is 4.83. The Morgan fingerprint density at radius 2 is 1.70 bits per heavy atom. The molecule has 0 radical (unpaired) electrons. The van der Waals surface area contributed by atoms with Crippen LogP contribution >= 0.6 is 15.9 Å². The van der Waals surface area contributed by atoms with Crippen molar-refractivity contribution in [3.05, 3.63) is 52.0 Å². The molecule has 164 valence electrons. The van der Waals surface area contributed by atoms with Crippen molar-refractivity contribution < 1.29 is 19.0 Å². The van der Waals surface area contributed by atoms with Crippen LogP contribution in [0.5, 0.6) is 17.2 Å². The Hall–Kier alpha value is -2.25. The maximum atomic E-state index is 12.1. The Kier molecular flexibility index (Phi) is 8.99. The third kappa shape index (κ3) is 7.88. The van der Waals surface area contributed by atoms with Crippen molar-refractivity contribution in [2.45, 2.75) is 46.3 Å². The monoisotopic (exact) mass is 478 g/mol. The molecule has 2 N–H and O–H groups in total. The van der Waals surface area contributed by atoms with Gasteiger partial charge in [0.2, 0.25) is 0 Å². The van der Waals surface area contributed by atoms with Crippen molar-refractivity contribution in [3.8, 4) is 17.2 Å². The van der Waals surface area contributed by atoms with Crippen molar-refractivity contribution in [1.82, 2.24) is 10.6 Å². The Bertz CT molecular complexity index is 832. The van der Waals surface area contributed by atoms with Crippen molar-refractivity contribution in [2.75, 3.05) is 20.3 Å². The van der Waals surface area contributed by atoms with Gasteiger partial charge < -0.3 is 24.8 Å². The molecule has 2 rings (SSSR count). The van der Waals surface area contributed by atoms with Gasteiger partial charge in [0.05, 0.1) is 13.7 Å². The molecule has 1 amide bonds. The average molecular weight is 479 g/mol. The molecule has 2 aromatic rings. The van der Waals surface area contributed by atoms with E-state index in [1.165, 1.54) is 5.56 Å². The zero-order chi connectivity index (χ0) is 22.1. The van der Waals surface area contributed by atoms with Gasteiger partial charge in [0.25, 0.3) is 5.91 Å². The minimum atomic E-state index is -0.302. The van der Waals surface area contributed by atoms with E-state index in [2.05, 4.69) is 26.6 Å². The molecular weight excluding hydrogens is 448 g/mol. The smallest absolute Gasteiger partial charge is 0.258 e. The molecule has 6 nitrogen and oxygen atoms in total. The molecular formula is C23H31BrN2O4. The molecule has 0 aliphatic carbocycles. The molecule has 0 atom stereocenters. The van der Waals surface area contributed by atoms with E-state index in [-0.39, 0.29) is 18.1 Å². The number of benzene rings is 2. The molecule has 7 heteroatoms. The molecule has 0 saturated heterocycles. The molecule has 2 aromatic carbocycles. The fourth-order valence-corrected chi connectivity index (χ4v) is 3.24. The van der Waals surface area contributed by atoms with Crippen molar-refractivity contribution in [1.29, 1.82) is 0 Å². The van der Waals surface area contributed by atoms with E-state index in [1.54, 1.807) is 7.11 Å². The highest BCUT2D eigenvalue weighted by Gasteiger charge is 2.16. The van der Waals surface area contributed by atoms with Crippen LogP contribution in [0.15, 0.2) is 40.9 Å². The van der Waals surface area contributed by atoms with Gasteiger partial charge in [-0.1, -0.05) is 28.1 Å². The van der Waals surface area contributed by atoms with E-state index in [1.807, 2.05) is 64.1 Å². The van der Waals surface area contributed by atoms with Gasteiger partial charge in [-0.25, -0.2) is 0 Å². The summed E-state index contributed by atoms with van der Waals surface area (Å²) in [5.41, 5.74) is 1.91. The molecule has 0 unspecified atom stereocenters. The van der Waals surface area contributed by atoms with Gasteiger partial charge in [-0.15, -0.1) is 0 Å². The molecule has 30 heavy (non-hydrogen) atoms. The maximum absolute atomic E-state index is 12.1. The van der Waals surface area contributed by atoms with Crippen molar-refractivity contribution in [2.24, 2.45) is 0 Å². The lowest BCUT2D eigenvalue weighted by atomic mass is 10.1. The number of hydrogen-bond donors (Lipinski definition) is 2. The van der Waals surface area contributed by atoms with Crippen LogP contribution in [0.2, 0.25) is 0 Å². The molecule has 0 aromatic heterocycles. The van der Waals surface area contributed by atoms with Gasteiger partial charge in [0.1, 0.15) is 5.75 Å². The highest BCUT2D eigenvalue weighted by Crippen LogP contribution is 2.34. The lowest BCUT2D eigenvalue weighted by Gasteiger charge is -2.21. The number of carbonyl (C=O) groups is 1. The SMILES string of the molecule is CCOc1cc(CNCc2ccc(OC)cc2)c(Br)cc1OCC(=O)NC(C)(C)C. The summed E-state index contributed by atoms with van der Waals surface area (Å²) in [5.74, 6) is 1.82. The summed E-state index contributed by atoms with van der Waals surface area (Å²) in [7, 11) is 1.66. The summed E-state index contributed by atoms with van der Waals surface area (Å²) in [6.45, 7) is 9.52. The first-order valence-electron chi connectivity index (χ1n) is 9.94. The number of amides is 1. The van der Waals surface area contributed by atoms with Gasteiger partial charge in [0.15, 0.2) is 18.1 Å². The van der Waals surface area contributed by atoms with Crippen LogP contribution in [-0.4, -0.2) is 31.8 Å². The fourth-order valence-electron chi connectivity index (χ4n) is 2.78. The number of halogens is 1. The second kappa shape index (κ2) is 11.2. The van der Waals surface area contributed by atoms with E-state index >= 15 is 0 Å².